The number of alkyl halides is 3. The Labute approximate surface area is 204 Å². The van der Waals surface area contributed by atoms with Crippen molar-refractivity contribution >= 4 is 23.2 Å². The number of amides is 2. The van der Waals surface area contributed by atoms with Crippen molar-refractivity contribution in [1.82, 2.24) is 25.8 Å². The van der Waals surface area contributed by atoms with E-state index in [2.05, 4.69) is 20.8 Å². The lowest BCUT2D eigenvalue weighted by atomic mass is 10.1. The van der Waals surface area contributed by atoms with Crippen molar-refractivity contribution in [2.24, 2.45) is 11.6 Å². The number of aryl methyl sites for hydroxylation is 1. The minimum atomic E-state index is -4.46. The number of nitrogens with one attached hydrogen (secondary N) is 2. The summed E-state index contributed by atoms with van der Waals surface area (Å²) >= 11 is 1.21. The molecule has 2 rings (SSSR count). The normalized spacial score (nSPS) is 11.9. The van der Waals surface area contributed by atoms with Crippen LogP contribution in [0.15, 0.2) is 36.2 Å². The van der Waals surface area contributed by atoms with Gasteiger partial charge in [-0.2, -0.15) is 13.2 Å². The van der Waals surface area contributed by atoms with Crippen LogP contribution in [0.1, 0.15) is 38.8 Å². The zero-order valence-electron chi connectivity index (χ0n) is 19.1. The van der Waals surface area contributed by atoms with Gasteiger partial charge in [-0.3, -0.25) is 9.59 Å². The summed E-state index contributed by atoms with van der Waals surface area (Å²) in [6.45, 7) is 1.07. The number of rotatable bonds is 13. The third-order valence-corrected chi connectivity index (χ3v) is 5.57. The lowest BCUT2D eigenvalue weighted by molar-refractivity contribution is -0.137. The van der Waals surface area contributed by atoms with Gasteiger partial charge in [0.05, 0.1) is 12.2 Å². The maximum absolute atomic E-state index is 12.8. The standard InChI is InChI=1S/C21H28F3N7O3S/c1-34-10-8-27-19(33)20-30-29-17(35-20)7-2-3-9-31(26)13-16(25)18(32)28-12-14-5-4-6-15(11-14)21(22,23)24/h4-6,11,13H,2-3,7-10,12,25-26H2,1H3,(H,27,33)(H,28,32)/b16-13-. The van der Waals surface area contributed by atoms with E-state index in [1.54, 1.807) is 7.11 Å². The monoisotopic (exact) mass is 515 g/mol. The van der Waals surface area contributed by atoms with E-state index in [0.717, 1.165) is 17.1 Å². The first kappa shape index (κ1) is 28.0. The van der Waals surface area contributed by atoms with Gasteiger partial charge in [-0.15, -0.1) is 10.2 Å². The number of ether oxygens (including phenoxy) is 1. The highest BCUT2D eigenvalue weighted by atomic mass is 32.1. The first-order valence-corrected chi connectivity index (χ1v) is 11.4. The predicted molar refractivity (Wildman–Crippen MR) is 124 cm³/mol. The molecule has 6 N–H and O–H groups in total. The third-order valence-electron chi connectivity index (χ3n) is 4.58. The molecule has 2 aromatic rings. The number of aromatic nitrogens is 2. The molecule has 0 aliphatic heterocycles. The molecule has 2 amide bonds. The van der Waals surface area contributed by atoms with Crippen molar-refractivity contribution in [2.75, 3.05) is 26.8 Å². The summed E-state index contributed by atoms with van der Waals surface area (Å²) in [5, 5.41) is 15.3. The molecular formula is C21H28F3N7O3S. The zero-order valence-corrected chi connectivity index (χ0v) is 19.9. The maximum atomic E-state index is 12.8. The second kappa shape index (κ2) is 13.6. The lowest BCUT2D eigenvalue weighted by Gasteiger charge is -2.15. The Kier molecular flexibility index (Phi) is 10.9. The summed E-state index contributed by atoms with van der Waals surface area (Å²) < 4.78 is 43.2. The van der Waals surface area contributed by atoms with Crippen LogP contribution in [-0.4, -0.2) is 53.8 Å². The average Bonchev–Trinajstić information content (AvgIpc) is 3.29. The van der Waals surface area contributed by atoms with E-state index in [0.29, 0.717) is 39.0 Å². The molecule has 0 fully saturated rings. The van der Waals surface area contributed by atoms with E-state index in [-0.39, 0.29) is 28.7 Å². The molecule has 0 saturated heterocycles. The van der Waals surface area contributed by atoms with Crippen LogP contribution in [0.2, 0.25) is 0 Å². The van der Waals surface area contributed by atoms with Gasteiger partial charge < -0.3 is 26.1 Å². The Balaban J connectivity index is 1.72. The highest BCUT2D eigenvalue weighted by Gasteiger charge is 2.30. The van der Waals surface area contributed by atoms with Gasteiger partial charge in [0.2, 0.25) is 5.01 Å². The summed E-state index contributed by atoms with van der Waals surface area (Å²) in [4.78, 5) is 24.0. The number of hydrogen-bond acceptors (Lipinski definition) is 9. The van der Waals surface area contributed by atoms with Crippen molar-refractivity contribution in [3.63, 3.8) is 0 Å². The molecule has 1 aromatic heterocycles. The van der Waals surface area contributed by atoms with Gasteiger partial charge in [-0.1, -0.05) is 23.5 Å². The van der Waals surface area contributed by atoms with Crippen LogP contribution in [-0.2, 0) is 28.7 Å². The fraction of sp³-hybridized carbons (Fsp3) is 0.429. The van der Waals surface area contributed by atoms with Crippen LogP contribution in [0, 0.1) is 0 Å². The van der Waals surface area contributed by atoms with Crippen LogP contribution in [0.3, 0.4) is 0 Å². The molecule has 1 heterocycles. The summed E-state index contributed by atoms with van der Waals surface area (Å²) in [5.41, 5.74) is 5.06. The molecule has 0 atom stereocenters. The van der Waals surface area contributed by atoms with Gasteiger partial charge >= 0.3 is 6.18 Å². The highest BCUT2D eigenvalue weighted by molar-refractivity contribution is 7.13. The van der Waals surface area contributed by atoms with Crippen molar-refractivity contribution in [3.8, 4) is 0 Å². The van der Waals surface area contributed by atoms with Gasteiger partial charge in [0, 0.05) is 39.4 Å². The molecule has 0 aliphatic carbocycles. The SMILES string of the molecule is COCCNC(=O)c1nnc(CCCCN(N)/C=C(\N)C(=O)NCc2cccc(C(F)(F)F)c2)s1. The molecule has 0 radical (unpaired) electrons. The molecule has 0 spiro atoms. The van der Waals surface area contributed by atoms with Crippen LogP contribution in [0.25, 0.3) is 0 Å². The van der Waals surface area contributed by atoms with Gasteiger partial charge in [0.1, 0.15) is 10.7 Å². The van der Waals surface area contributed by atoms with E-state index >= 15 is 0 Å². The number of halogens is 3. The van der Waals surface area contributed by atoms with Crippen LogP contribution >= 0.6 is 11.3 Å². The van der Waals surface area contributed by atoms with Crippen molar-refractivity contribution < 1.29 is 27.5 Å². The largest absolute Gasteiger partial charge is 0.416 e. The van der Waals surface area contributed by atoms with Crippen LogP contribution < -0.4 is 22.2 Å². The number of carbonyl (C=O) groups is 2. The second-order valence-electron chi connectivity index (χ2n) is 7.41. The van der Waals surface area contributed by atoms with Crippen LogP contribution in [0.4, 0.5) is 13.2 Å². The molecule has 192 valence electrons. The Morgan fingerprint density at radius 1 is 1.23 bits per heavy atom. The lowest BCUT2D eigenvalue weighted by Crippen LogP contribution is -2.33. The van der Waals surface area contributed by atoms with E-state index in [9.17, 15) is 22.8 Å². The van der Waals surface area contributed by atoms with E-state index < -0.39 is 17.6 Å². The Morgan fingerprint density at radius 3 is 2.71 bits per heavy atom. The Morgan fingerprint density at radius 2 is 2.00 bits per heavy atom. The molecule has 10 nitrogen and oxygen atoms in total. The van der Waals surface area contributed by atoms with Crippen molar-refractivity contribution in [3.05, 3.63) is 57.3 Å². The number of unbranched alkanes of at least 4 members (excludes halogenated alkanes) is 1. The Hall–Kier alpha value is -3.23. The summed E-state index contributed by atoms with van der Waals surface area (Å²) in [6, 6.07) is 4.66. The second-order valence-corrected chi connectivity index (χ2v) is 8.47. The fourth-order valence-corrected chi connectivity index (χ4v) is 3.60. The smallest absolute Gasteiger partial charge is 0.393 e. The van der Waals surface area contributed by atoms with Crippen molar-refractivity contribution in [2.45, 2.75) is 32.0 Å². The van der Waals surface area contributed by atoms with Crippen molar-refractivity contribution in [1.29, 1.82) is 0 Å². The highest BCUT2D eigenvalue weighted by Crippen LogP contribution is 2.29. The molecule has 1 aromatic carbocycles. The van der Waals surface area contributed by atoms with Crippen LogP contribution in [0.5, 0.6) is 0 Å². The van der Waals surface area contributed by atoms with E-state index in [1.807, 2.05) is 0 Å². The third kappa shape index (κ3) is 9.88. The minimum Gasteiger partial charge on any atom is -0.393 e. The molecule has 14 heteroatoms. The summed E-state index contributed by atoms with van der Waals surface area (Å²) in [6.07, 6.45) is -1.23. The first-order chi connectivity index (χ1) is 16.6. The fourth-order valence-electron chi connectivity index (χ4n) is 2.80. The Bertz CT molecular complexity index is 1010. The molecule has 0 unspecified atom stereocenters. The number of carbonyl (C=O) groups excluding carboxylic acids is 2. The minimum absolute atomic E-state index is 0.115. The van der Waals surface area contributed by atoms with E-state index in [4.69, 9.17) is 16.3 Å². The molecular weight excluding hydrogens is 487 g/mol. The predicted octanol–water partition coefficient (Wildman–Crippen LogP) is 1.55. The average molecular weight is 516 g/mol. The van der Waals surface area contributed by atoms with Gasteiger partial charge in [0.25, 0.3) is 11.8 Å². The van der Waals surface area contributed by atoms with Gasteiger partial charge in [-0.25, -0.2) is 5.84 Å². The molecule has 0 aliphatic rings. The number of nitrogens with two attached hydrogens (primary N) is 2. The zero-order chi connectivity index (χ0) is 25.8. The van der Waals surface area contributed by atoms with E-state index in [1.165, 1.54) is 34.7 Å². The molecule has 0 bridgehead atoms. The van der Waals surface area contributed by atoms with Gasteiger partial charge in [-0.05, 0) is 30.5 Å². The topological polar surface area (TPSA) is 148 Å². The number of hydrogen-bond donors (Lipinski definition) is 4. The summed E-state index contributed by atoms with van der Waals surface area (Å²) in [5.74, 6) is 4.90. The quantitative estimate of drug-likeness (QED) is 0.136. The number of benzene rings is 1. The number of hydrazine groups is 1. The van der Waals surface area contributed by atoms with Gasteiger partial charge in [0.15, 0.2) is 0 Å². The number of nitrogens with zero attached hydrogens (tertiary/aromatic N) is 3. The maximum Gasteiger partial charge on any atom is 0.416 e. The summed E-state index contributed by atoms with van der Waals surface area (Å²) in [7, 11) is 1.54. The number of methoxy groups -OCH3 is 1. The first-order valence-electron chi connectivity index (χ1n) is 10.6. The molecule has 35 heavy (non-hydrogen) atoms. The molecule has 0 saturated carbocycles.